The lowest BCUT2D eigenvalue weighted by atomic mass is 10.2. The lowest BCUT2D eigenvalue weighted by molar-refractivity contribution is -0.142. The fourth-order valence-corrected chi connectivity index (χ4v) is 1.04. The maximum Gasteiger partial charge on any atom is 0.322 e. The highest BCUT2D eigenvalue weighted by Crippen LogP contribution is 2.06. The van der Waals surface area contributed by atoms with E-state index in [1.54, 1.807) is 0 Å². The van der Waals surface area contributed by atoms with Crippen molar-refractivity contribution in [1.29, 1.82) is 0 Å². The highest BCUT2D eigenvalue weighted by atomic mass is 16.5. The van der Waals surface area contributed by atoms with Crippen molar-refractivity contribution in [2.75, 3.05) is 13.7 Å². The molecule has 0 aliphatic carbocycles. The second-order valence-corrected chi connectivity index (χ2v) is 2.89. The van der Waals surface area contributed by atoms with E-state index in [-0.39, 0.29) is 12.0 Å². The van der Waals surface area contributed by atoms with Gasteiger partial charge in [0.1, 0.15) is 6.04 Å². The molecule has 2 atom stereocenters. The molecule has 3 N–H and O–H groups in total. The molecule has 1 rings (SSSR count). The predicted molar refractivity (Wildman–Crippen MR) is 47.7 cm³/mol. The Bertz CT molecular complexity index is 202. The number of carbonyl (C=O) groups is 2. The topological polar surface area (TPSA) is 95.9 Å². The van der Waals surface area contributed by atoms with Crippen molar-refractivity contribution in [2.45, 2.75) is 25.5 Å². The third-order valence-electron chi connectivity index (χ3n) is 1.59. The fraction of sp³-hybridized carbons (Fsp3) is 0.750. The molecule has 1 fully saturated rings. The summed E-state index contributed by atoms with van der Waals surface area (Å²) in [6.45, 7) is 1.57. The highest BCUT2D eigenvalue weighted by molar-refractivity contribution is 5.76. The highest BCUT2D eigenvalue weighted by Gasteiger charge is 2.28. The molecule has 1 aliphatic rings. The number of esters is 1. The molecule has 82 valence electrons. The number of ether oxygens (including phenoxy) is 1. The van der Waals surface area contributed by atoms with Crippen molar-refractivity contribution in [3.8, 4) is 0 Å². The fourth-order valence-electron chi connectivity index (χ4n) is 1.04. The van der Waals surface area contributed by atoms with E-state index in [1.165, 1.54) is 7.11 Å². The number of hydrogen-bond acceptors (Lipinski definition) is 5. The zero-order valence-electron chi connectivity index (χ0n) is 8.19. The molecule has 0 bridgehead atoms. The van der Waals surface area contributed by atoms with Gasteiger partial charge < -0.3 is 20.3 Å². The summed E-state index contributed by atoms with van der Waals surface area (Å²) in [4.78, 5) is 19.8. The summed E-state index contributed by atoms with van der Waals surface area (Å²) < 4.78 is 4.47. The summed E-state index contributed by atoms with van der Waals surface area (Å²) in [6, 6.07) is -0.306. The molecule has 6 heteroatoms. The van der Waals surface area contributed by atoms with E-state index in [0.29, 0.717) is 13.0 Å². The summed E-state index contributed by atoms with van der Waals surface area (Å²) >= 11 is 0. The Morgan fingerprint density at radius 3 is 2.29 bits per heavy atom. The van der Waals surface area contributed by atoms with Crippen LogP contribution in [0.4, 0.5) is 0 Å². The number of aliphatic carboxylic acids is 1. The molecule has 0 saturated carbocycles. The van der Waals surface area contributed by atoms with Crippen LogP contribution < -0.4 is 5.32 Å². The molecule has 1 saturated heterocycles. The molecule has 0 unspecified atom stereocenters. The van der Waals surface area contributed by atoms with Crippen LogP contribution in [-0.2, 0) is 14.3 Å². The number of rotatable bonds is 1. The van der Waals surface area contributed by atoms with Gasteiger partial charge in [0.2, 0.25) is 0 Å². The first-order valence-electron chi connectivity index (χ1n) is 4.16. The van der Waals surface area contributed by atoms with Crippen LogP contribution in [0.3, 0.4) is 0 Å². The third-order valence-corrected chi connectivity index (χ3v) is 1.59. The van der Waals surface area contributed by atoms with Crippen LogP contribution in [0.15, 0.2) is 0 Å². The van der Waals surface area contributed by atoms with Gasteiger partial charge in [-0.3, -0.25) is 9.59 Å². The van der Waals surface area contributed by atoms with E-state index in [0.717, 1.165) is 6.92 Å². The van der Waals surface area contributed by atoms with Crippen molar-refractivity contribution >= 4 is 11.9 Å². The largest absolute Gasteiger partial charge is 0.481 e. The molecule has 14 heavy (non-hydrogen) atoms. The molecular weight excluding hydrogens is 190 g/mol. The number of carbonyl (C=O) groups excluding carboxylic acids is 1. The Kier molecular flexibility index (Phi) is 5.82. The maximum atomic E-state index is 10.8. The van der Waals surface area contributed by atoms with Crippen molar-refractivity contribution in [1.82, 2.24) is 5.32 Å². The molecule has 0 amide bonds. The number of carboxylic acids is 1. The van der Waals surface area contributed by atoms with Crippen LogP contribution in [-0.4, -0.2) is 48.0 Å². The van der Waals surface area contributed by atoms with Gasteiger partial charge in [-0.2, -0.15) is 0 Å². The monoisotopic (exact) mass is 205 g/mol. The number of carboxylic acid groups (broad SMARTS) is 1. The van der Waals surface area contributed by atoms with Crippen molar-refractivity contribution < 1.29 is 24.5 Å². The molecule has 1 aliphatic heterocycles. The van der Waals surface area contributed by atoms with Gasteiger partial charge in [-0.15, -0.1) is 0 Å². The zero-order valence-corrected chi connectivity index (χ0v) is 8.19. The Morgan fingerprint density at radius 2 is 2.00 bits per heavy atom. The molecule has 0 aromatic rings. The smallest absolute Gasteiger partial charge is 0.322 e. The van der Waals surface area contributed by atoms with Crippen LogP contribution in [0.2, 0.25) is 0 Å². The van der Waals surface area contributed by atoms with E-state index in [1.807, 2.05) is 0 Å². The summed E-state index contributed by atoms with van der Waals surface area (Å²) in [6.07, 6.45) is 0.0660. The summed E-state index contributed by atoms with van der Waals surface area (Å²) in [5.74, 6) is -1.13. The summed E-state index contributed by atoms with van der Waals surface area (Å²) in [5.41, 5.74) is 0. The van der Waals surface area contributed by atoms with Gasteiger partial charge in [0.05, 0.1) is 13.2 Å². The number of hydrogen-bond donors (Lipinski definition) is 3. The molecular formula is C8H15NO5. The number of methoxy groups -OCH3 is 1. The number of aliphatic hydroxyl groups excluding tert-OH is 1. The second-order valence-electron chi connectivity index (χ2n) is 2.89. The molecule has 6 nitrogen and oxygen atoms in total. The van der Waals surface area contributed by atoms with Crippen molar-refractivity contribution in [3.05, 3.63) is 0 Å². The Balaban J connectivity index is 0.000000364. The minimum absolute atomic E-state index is 0.295. The molecule has 0 aromatic carbocycles. The Labute approximate surface area is 81.9 Å². The average molecular weight is 205 g/mol. The van der Waals surface area contributed by atoms with Gasteiger partial charge in [-0.05, 0) is 0 Å². The van der Waals surface area contributed by atoms with Gasteiger partial charge in [-0.1, -0.05) is 0 Å². The van der Waals surface area contributed by atoms with E-state index >= 15 is 0 Å². The lowest BCUT2D eigenvalue weighted by Gasteiger charge is -2.05. The van der Waals surface area contributed by atoms with Crippen molar-refractivity contribution in [2.24, 2.45) is 0 Å². The molecule has 0 radical (unpaired) electrons. The Morgan fingerprint density at radius 1 is 1.50 bits per heavy atom. The van der Waals surface area contributed by atoms with E-state index < -0.39 is 12.1 Å². The van der Waals surface area contributed by atoms with Crippen LogP contribution in [0.1, 0.15) is 13.3 Å². The van der Waals surface area contributed by atoms with E-state index in [4.69, 9.17) is 15.0 Å². The second kappa shape index (κ2) is 6.33. The summed E-state index contributed by atoms with van der Waals surface area (Å²) in [5, 5.41) is 19.2. The first-order chi connectivity index (χ1) is 6.47. The van der Waals surface area contributed by atoms with Crippen LogP contribution in [0.25, 0.3) is 0 Å². The van der Waals surface area contributed by atoms with Crippen LogP contribution in [0.5, 0.6) is 0 Å². The van der Waals surface area contributed by atoms with Crippen LogP contribution >= 0.6 is 0 Å². The van der Waals surface area contributed by atoms with Gasteiger partial charge in [0.25, 0.3) is 5.97 Å². The first kappa shape index (κ1) is 12.9. The number of aliphatic hydroxyl groups is 1. The van der Waals surface area contributed by atoms with Crippen molar-refractivity contribution in [3.63, 3.8) is 0 Å². The molecule has 0 aromatic heterocycles. The Hall–Kier alpha value is -1.14. The number of nitrogens with one attached hydrogen (secondary N) is 1. The molecule has 0 spiro atoms. The minimum Gasteiger partial charge on any atom is -0.481 e. The van der Waals surface area contributed by atoms with Gasteiger partial charge >= 0.3 is 5.97 Å². The quantitative estimate of drug-likeness (QED) is 0.474. The molecule has 1 heterocycles. The van der Waals surface area contributed by atoms with E-state index in [9.17, 15) is 4.79 Å². The van der Waals surface area contributed by atoms with Crippen LogP contribution in [0, 0.1) is 0 Å². The lowest BCUT2D eigenvalue weighted by Crippen LogP contribution is -2.31. The predicted octanol–water partition coefficient (Wildman–Crippen LogP) is -1.03. The van der Waals surface area contributed by atoms with Gasteiger partial charge in [0.15, 0.2) is 0 Å². The minimum atomic E-state index is -0.833. The number of β-amino-alcohol motifs (C(OH)–C–C–N with tert-alkyl or cyclic N) is 1. The van der Waals surface area contributed by atoms with Gasteiger partial charge in [0, 0.05) is 19.9 Å². The first-order valence-corrected chi connectivity index (χ1v) is 4.16. The normalized spacial score (nSPS) is 24.8. The third kappa shape index (κ3) is 5.50. The summed E-state index contributed by atoms with van der Waals surface area (Å²) in [7, 11) is 1.34. The van der Waals surface area contributed by atoms with Gasteiger partial charge in [-0.25, -0.2) is 0 Å². The standard InChI is InChI=1S/C6H11NO3.C2H4O2/c1-10-6(9)5-2-4(8)3-7-5;1-2(3)4/h4-5,7-8H,2-3H2,1H3;1H3,(H,3,4)/t4-,5+;/m1./s1. The average Bonchev–Trinajstić information content (AvgIpc) is 2.49. The SMILES string of the molecule is CC(=O)O.COC(=O)[C@@H]1C[C@@H](O)CN1. The van der Waals surface area contributed by atoms with E-state index in [2.05, 4.69) is 10.1 Å². The maximum absolute atomic E-state index is 10.8. The zero-order chi connectivity index (χ0) is 11.1.